The summed E-state index contributed by atoms with van der Waals surface area (Å²) in [4.78, 5) is 48.9. The molecule has 3 atom stereocenters. The van der Waals surface area contributed by atoms with E-state index in [0.29, 0.717) is 13.0 Å². The number of halogens is 1. The lowest BCUT2D eigenvalue weighted by molar-refractivity contribution is -0.146. The second-order valence-electron chi connectivity index (χ2n) is 6.54. The zero-order valence-corrected chi connectivity index (χ0v) is 14.3. The molecule has 2 unspecified atom stereocenters. The number of aliphatic carboxylic acids is 1. The predicted octanol–water partition coefficient (Wildman–Crippen LogP) is 0.625. The number of carboxylic acid groups (broad SMARTS) is 1. The van der Waals surface area contributed by atoms with Crippen molar-refractivity contribution in [2.24, 2.45) is 17.8 Å². The third-order valence-corrected chi connectivity index (χ3v) is 4.37. The van der Waals surface area contributed by atoms with Crippen LogP contribution in [0.5, 0.6) is 0 Å². The van der Waals surface area contributed by atoms with Crippen molar-refractivity contribution in [3.8, 4) is 0 Å². The SMILES string of the molecule is CC(C)[C@@H](C(=O)NC(CC(=O)O)C(=O)CF)C1CCCN(C)C1=O. The van der Waals surface area contributed by atoms with E-state index >= 15 is 0 Å². The first-order valence-electron chi connectivity index (χ1n) is 8.04. The molecule has 0 aromatic rings. The van der Waals surface area contributed by atoms with Crippen LogP contribution in [0.25, 0.3) is 0 Å². The maximum atomic E-state index is 12.6. The van der Waals surface area contributed by atoms with Crippen LogP contribution in [0.3, 0.4) is 0 Å². The van der Waals surface area contributed by atoms with Crippen molar-refractivity contribution in [1.82, 2.24) is 10.2 Å². The van der Waals surface area contributed by atoms with Crippen LogP contribution in [0.2, 0.25) is 0 Å². The molecule has 0 aromatic carbocycles. The van der Waals surface area contributed by atoms with E-state index in [9.17, 15) is 23.6 Å². The molecule has 1 aliphatic rings. The zero-order chi connectivity index (χ0) is 18.4. The minimum atomic E-state index is -1.42. The van der Waals surface area contributed by atoms with Crippen molar-refractivity contribution in [3.63, 3.8) is 0 Å². The lowest BCUT2D eigenvalue weighted by Gasteiger charge is -2.35. The first-order valence-corrected chi connectivity index (χ1v) is 8.04. The molecule has 0 spiro atoms. The third kappa shape index (κ3) is 5.01. The van der Waals surface area contributed by atoms with Gasteiger partial charge in [-0.25, -0.2) is 4.39 Å². The van der Waals surface area contributed by atoms with Crippen LogP contribution in [0.1, 0.15) is 33.1 Å². The van der Waals surface area contributed by atoms with Gasteiger partial charge in [0.05, 0.1) is 18.3 Å². The quantitative estimate of drug-likeness (QED) is 0.672. The Morgan fingerprint density at radius 2 is 2.00 bits per heavy atom. The number of Topliss-reactive ketones (excluding diaryl/α,β-unsaturated/α-hetero) is 1. The van der Waals surface area contributed by atoms with Crippen LogP contribution >= 0.6 is 0 Å². The monoisotopic (exact) mass is 344 g/mol. The first-order chi connectivity index (χ1) is 11.2. The number of amides is 2. The second-order valence-corrected chi connectivity index (χ2v) is 6.54. The van der Waals surface area contributed by atoms with Gasteiger partial charge in [-0.3, -0.25) is 19.2 Å². The molecule has 0 saturated carbocycles. The fraction of sp³-hybridized carbons (Fsp3) is 0.750. The summed E-state index contributed by atoms with van der Waals surface area (Å²) < 4.78 is 12.6. The molecule has 24 heavy (non-hydrogen) atoms. The fourth-order valence-electron chi connectivity index (χ4n) is 3.13. The van der Waals surface area contributed by atoms with Crippen LogP contribution in [0, 0.1) is 17.8 Å². The van der Waals surface area contributed by atoms with Gasteiger partial charge >= 0.3 is 5.97 Å². The summed E-state index contributed by atoms with van der Waals surface area (Å²) in [6, 6.07) is -1.42. The summed E-state index contributed by atoms with van der Waals surface area (Å²) in [6.07, 6.45) is 0.642. The van der Waals surface area contributed by atoms with Gasteiger partial charge in [0.1, 0.15) is 12.7 Å². The molecule has 8 heteroatoms. The van der Waals surface area contributed by atoms with Crippen molar-refractivity contribution in [2.45, 2.75) is 39.2 Å². The van der Waals surface area contributed by atoms with Gasteiger partial charge in [0, 0.05) is 13.6 Å². The predicted molar refractivity (Wildman–Crippen MR) is 83.9 cm³/mol. The number of ketones is 1. The van der Waals surface area contributed by atoms with Crippen LogP contribution in [-0.4, -0.2) is 59.9 Å². The number of hydrogen-bond acceptors (Lipinski definition) is 4. The van der Waals surface area contributed by atoms with E-state index in [-0.39, 0.29) is 11.8 Å². The molecular formula is C16H25FN2O5. The van der Waals surface area contributed by atoms with E-state index in [2.05, 4.69) is 5.32 Å². The van der Waals surface area contributed by atoms with Crippen LogP contribution in [0.4, 0.5) is 4.39 Å². The van der Waals surface area contributed by atoms with Gasteiger partial charge in [0.15, 0.2) is 5.78 Å². The standard InChI is InChI=1S/C16H25FN2O5/c1-9(2)14(10-5-4-6-19(3)16(10)24)15(23)18-11(7-13(21)22)12(20)8-17/h9-11,14H,4-8H2,1-3H3,(H,18,23)(H,21,22)/t10?,11?,14-/m1/s1. The fourth-order valence-corrected chi connectivity index (χ4v) is 3.13. The molecule has 136 valence electrons. The molecule has 0 aromatic heterocycles. The van der Waals surface area contributed by atoms with E-state index < -0.39 is 48.6 Å². The van der Waals surface area contributed by atoms with Crippen LogP contribution in [-0.2, 0) is 19.2 Å². The molecule has 0 aliphatic carbocycles. The van der Waals surface area contributed by atoms with E-state index in [1.54, 1.807) is 25.8 Å². The molecule has 1 rings (SSSR count). The third-order valence-electron chi connectivity index (χ3n) is 4.37. The summed E-state index contributed by atoms with van der Waals surface area (Å²) >= 11 is 0. The summed E-state index contributed by atoms with van der Waals surface area (Å²) in [5.41, 5.74) is 0. The molecule has 1 fully saturated rings. The summed E-state index contributed by atoms with van der Waals surface area (Å²) in [5.74, 6) is -4.40. The Balaban J connectivity index is 2.94. The van der Waals surface area contributed by atoms with E-state index in [0.717, 1.165) is 6.42 Å². The Morgan fingerprint density at radius 1 is 1.38 bits per heavy atom. The highest BCUT2D eigenvalue weighted by molar-refractivity contribution is 5.94. The highest BCUT2D eigenvalue weighted by Gasteiger charge is 2.40. The topological polar surface area (TPSA) is 104 Å². The highest BCUT2D eigenvalue weighted by Crippen LogP contribution is 2.30. The highest BCUT2D eigenvalue weighted by atomic mass is 19.1. The molecule has 1 heterocycles. The molecule has 0 radical (unpaired) electrons. The molecule has 1 saturated heterocycles. The van der Waals surface area contributed by atoms with E-state index in [1.807, 2.05) is 0 Å². The molecule has 0 bridgehead atoms. The molecule has 2 amide bonds. The van der Waals surface area contributed by atoms with E-state index in [4.69, 9.17) is 5.11 Å². The number of carbonyl (C=O) groups excluding carboxylic acids is 3. The largest absolute Gasteiger partial charge is 0.481 e. The number of hydrogen-bond donors (Lipinski definition) is 2. The van der Waals surface area contributed by atoms with Gasteiger partial charge in [-0.2, -0.15) is 0 Å². The van der Waals surface area contributed by atoms with Crippen molar-refractivity contribution in [1.29, 1.82) is 0 Å². The van der Waals surface area contributed by atoms with Gasteiger partial charge in [0.25, 0.3) is 0 Å². The minimum absolute atomic E-state index is 0.137. The van der Waals surface area contributed by atoms with Gasteiger partial charge in [-0.15, -0.1) is 0 Å². The smallest absolute Gasteiger partial charge is 0.305 e. The average molecular weight is 344 g/mol. The molecule has 1 aliphatic heterocycles. The number of alkyl halides is 1. The lowest BCUT2D eigenvalue weighted by atomic mass is 9.77. The number of nitrogens with zero attached hydrogens (tertiary/aromatic N) is 1. The van der Waals surface area contributed by atoms with Crippen molar-refractivity contribution in [3.05, 3.63) is 0 Å². The average Bonchev–Trinajstić information content (AvgIpc) is 2.49. The summed E-state index contributed by atoms with van der Waals surface area (Å²) in [5, 5.41) is 11.2. The summed E-state index contributed by atoms with van der Waals surface area (Å²) in [6.45, 7) is 2.85. The Bertz CT molecular complexity index is 509. The second kappa shape index (κ2) is 8.75. The number of likely N-dealkylation sites (tertiary alicyclic amines) is 1. The van der Waals surface area contributed by atoms with Gasteiger partial charge < -0.3 is 15.3 Å². The van der Waals surface area contributed by atoms with Crippen LogP contribution < -0.4 is 5.32 Å². The Kier molecular flexibility index (Phi) is 7.31. The summed E-state index contributed by atoms with van der Waals surface area (Å²) in [7, 11) is 1.67. The number of rotatable bonds is 8. The van der Waals surface area contributed by atoms with Crippen molar-refractivity contribution < 1.29 is 28.7 Å². The van der Waals surface area contributed by atoms with E-state index in [1.165, 1.54) is 0 Å². The maximum absolute atomic E-state index is 12.6. The van der Waals surface area contributed by atoms with Gasteiger partial charge in [0.2, 0.25) is 11.8 Å². The zero-order valence-electron chi connectivity index (χ0n) is 14.3. The Hall–Kier alpha value is -1.99. The Morgan fingerprint density at radius 3 is 2.50 bits per heavy atom. The van der Waals surface area contributed by atoms with Crippen LogP contribution in [0.15, 0.2) is 0 Å². The number of carboxylic acids is 1. The number of piperidine rings is 1. The minimum Gasteiger partial charge on any atom is -0.481 e. The molecular weight excluding hydrogens is 319 g/mol. The maximum Gasteiger partial charge on any atom is 0.305 e. The van der Waals surface area contributed by atoms with Crippen molar-refractivity contribution in [2.75, 3.05) is 20.3 Å². The lowest BCUT2D eigenvalue weighted by Crippen LogP contribution is -2.51. The Labute approximate surface area is 140 Å². The molecule has 7 nitrogen and oxygen atoms in total. The van der Waals surface area contributed by atoms with Gasteiger partial charge in [-0.05, 0) is 18.8 Å². The number of nitrogens with one attached hydrogen (secondary N) is 1. The normalized spacial score (nSPS) is 20.6. The first kappa shape index (κ1) is 20.1. The van der Waals surface area contributed by atoms with Gasteiger partial charge in [-0.1, -0.05) is 13.8 Å². The van der Waals surface area contributed by atoms with Crippen molar-refractivity contribution >= 4 is 23.6 Å². The number of carbonyl (C=O) groups is 4. The molecule has 2 N–H and O–H groups in total.